The summed E-state index contributed by atoms with van der Waals surface area (Å²) in [6.45, 7) is 9.91. The summed E-state index contributed by atoms with van der Waals surface area (Å²) in [7, 11) is 0. The summed E-state index contributed by atoms with van der Waals surface area (Å²) in [5.41, 5.74) is 5.56. The van der Waals surface area contributed by atoms with Crippen molar-refractivity contribution in [3.8, 4) is 0 Å². The fourth-order valence-corrected chi connectivity index (χ4v) is 4.50. The summed E-state index contributed by atoms with van der Waals surface area (Å²) in [6, 6.07) is 13.1. The zero-order chi connectivity index (χ0) is 18.1. The smallest absolute Gasteiger partial charge is 0.153 e. The predicted molar refractivity (Wildman–Crippen MR) is 117 cm³/mol. The van der Waals surface area contributed by atoms with Crippen LogP contribution < -0.4 is 4.90 Å². The van der Waals surface area contributed by atoms with E-state index in [1.165, 1.54) is 52.8 Å². The van der Waals surface area contributed by atoms with Crippen LogP contribution in [0.15, 0.2) is 42.6 Å². The van der Waals surface area contributed by atoms with E-state index in [1.54, 1.807) is 0 Å². The van der Waals surface area contributed by atoms with E-state index in [0.29, 0.717) is 0 Å². The maximum atomic E-state index is 4.81. The van der Waals surface area contributed by atoms with Gasteiger partial charge in [0.15, 0.2) is 5.82 Å². The molecule has 1 aliphatic heterocycles. The molecule has 1 saturated heterocycles. The highest BCUT2D eigenvalue weighted by Gasteiger charge is 2.24. The van der Waals surface area contributed by atoms with E-state index in [1.807, 2.05) is 6.20 Å². The summed E-state index contributed by atoms with van der Waals surface area (Å²) >= 11 is 0. The first-order valence-electron chi connectivity index (χ1n) is 9.92. The molecule has 1 aliphatic rings. The van der Waals surface area contributed by atoms with E-state index < -0.39 is 0 Å². The van der Waals surface area contributed by atoms with Gasteiger partial charge in [0.25, 0.3) is 0 Å². The summed E-state index contributed by atoms with van der Waals surface area (Å²) in [6.07, 6.45) is 5.69. The van der Waals surface area contributed by atoms with E-state index in [9.17, 15) is 0 Å². The monoisotopic (exact) mass is 383 g/mol. The van der Waals surface area contributed by atoms with E-state index in [4.69, 9.17) is 4.98 Å². The van der Waals surface area contributed by atoms with Crippen molar-refractivity contribution in [3.63, 3.8) is 0 Å². The van der Waals surface area contributed by atoms with Crippen molar-refractivity contribution in [1.82, 2.24) is 9.55 Å². The number of fused-ring (bicyclic) bond motifs is 1. The maximum absolute atomic E-state index is 4.81. The van der Waals surface area contributed by atoms with Gasteiger partial charge < -0.3 is 9.47 Å². The van der Waals surface area contributed by atoms with Gasteiger partial charge in [0, 0.05) is 36.9 Å². The Labute approximate surface area is 168 Å². The number of pyridine rings is 1. The second kappa shape index (κ2) is 8.35. The molecule has 0 saturated carbocycles. The standard InChI is InChI=1S/C23H29N3.ClH/c1-4-26-18(3)17(2)21-10-13-24-23(22(21)26)25-14-11-20(12-15-25)16-19-8-6-5-7-9-19;/h5-10,13,20H,4,11-12,14-16H2,1-3H3;1H. The molecule has 4 heteroatoms. The predicted octanol–water partition coefficient (Wildman–Crippen LogP) is 5.55. The van der Waals surface area contributed by atoms with Crippen molar-refractivity contribution in [2.75, 3.05) is 18.0 Å². The Morgan fingerprint density at radius 3 is 2.41 bits per heavy atom. The average Bonchev–Trinajstić information content (AvgIpc) is 2.94. The van der Waals surface area contributed by atoms with Gasteiger partial charge in [-0.1, -0.05) is 30.3 Å². The number of hydrogen-bond acceptors (Lipinski definition) is 2. The van der Waals surface area contributed by atoms with Crippen LogP contribution >= 0.6 is 12.4 Å². The Morgan fingerprint density at radius 2 is 1.74 bits per heavy atom. The van der Waals surface area contributed by atoms with E-state index >= 15 is 0 Å². The molecule has 0 N–H and O–H groups in total. The largest absolute Gasteiger partial charge is 0.355 e. The lowest BCUT2D eigenvalue weighted by Gasteiger charge is -2.33. The van der Waals surface area contributed by atoms with E-state index in [0.717, 1.165) is 25.6 Å². The Hall–Kier alpha value is -2.00. The van der Waals surface area contributed by atoms with Crippen LogP contribution in [0.5, 0.6) is 0 Å². The second-order valence-electron chi connectivity index (χ2n) is 7.61. The molecule has 3 nitrogen and oxygen atoms in total. The number of aryl methyl sites for hydroxylation is 2. The van der Waals surface area contributed by atoms with Crippen molar-refractivity contribution in [1.29, 1.82) is 0 Å². The van der Waals surface area contributed by atoms with Crippen LogP contribution in [-0.4, -0.2) is 22.6 Å². The van der Waals surface area contributed by atoms with Crippen LogP contribution in [0.1, 0.15) is 36.6 Å². The molecule has 0 radical (unpaired) electrons. The van der Waals surface area contributed by atoms with E-state index in [2.05, 4.69) is 66.6 Å². The van der Waals surface area contributed by atoms with Gasteiger partial charge in [-0.2, -0.15) is 0 Å². The van der Waals surface area contributed by atoms with Crippen molar-refractivity contribution in [3.05, 3.63) is 59.4 Å². The highest BCUT2D eigenvalue weighted by atomic mass is 35.5. The third kappa shape index (κ3) is 3.70. The van der Waals surface area contributed by atoms with Crippen LogP contribution in [0.25, 0.3) is 10.9 Å². The average molecular weight is 384 g/mol. The highest BCUT2D eigenvalue weighted by Crippen LogP contribution is 2.33. The van der Waals surface area contributed by atoms with Gasteiger partial charge in [-0.05, 0) is 63.1 Å². The minimum absolute atomic E-state index is 0. The number of piperidine rings is 1. The third-order valence-corrected chi connectivity index (χ3v) is 6.12. The summed E-state index contributed by atoms with van der Waals surface area (Å²) < 4.78 is 2.43. The topological polar surface area (TPSA) is 21.1 Å². The van der Waals surface area contributed by atoms with Gasteiger partial charge in [0.2, 0.25) is 0 Å². The number of nitrogens with zero attached hydrogens (tertiary/aromatic N) is 3. The fraction of sp³-hybridized carbons (Fsp3) is 0.435. The molecule has 3 heterocycles. The minimum atomic E-state index is 0. The first kappa shape index (κ1) is 19.8. The molecule has 3 aromatic rings. The van der Waals surface area contributed by atoms with Gasteiger partial charge in [-0.3, -0.25) is 0 Å². The molecule has 0 amide bonds. The molecule has 0 bridgehead atoms. The lowest BCUT2D eigenvalue weighted by molar-refractivity contribution is 0.402. The first-order valence-corrected chi connectivity index (χ1v) is 9.92. The van der Waals surface area contributed by atoms with Gasteiger partial charge in [-0.15, -0.1) is 12.4 Å². The lowest BCUT2D eigenvalue weighted by Crippen LogP contribution is -2.35. The molecular formula is C23H30ClN3. The van der Waals surface area contributed by atoms with Crippen molar-refractivity contribution < 1.29 is 0 Å². The number of benzene rings is 1. The van der Waals surface area contributed by atoms with Crippen molar-refractivity contribution in [2.24, 2.45) is 5.92 Å². The van der Waals surface area contributed by atoms with Gasteiger partial charge in [0.1, 0.15) is 0 Å². The Bertz CT molecular complexity index is 893. The zero-order valence-electron chi connectivity index (χ0n) is 16.6. The molecule has 0 atom stereocenters. The number of hydrogen-bond donors (Lipinski definition) is 0. The number of rotatable bonds is 4. The van der Waals surface area contributed by atoms with Crippen LogP contribution in [0.2, 0.25) is 0 Å². The van der Waals surface area contributed by atoms with Crippen LogP contribution in [0, 0.1) is 19.8 Å². The van der Waals surface area contributed by atoms with Crippen LogP contribution in [-0.2, 0) is 13.0 Å². The summed E-state index contributed by atoms with van der Waals surface area (Å²) in [5.74, 6) is 1.97. The molecular weight excluding hydrogens is 354 g/mol. The minimum Gasteiger partial charge on any atom is -0.355 e. The fourth-order valence-electron chi connectivity index (χ4n) is 4.50. The van der Waals surface area contributed by atoms with Gasteiger partial charge >= 0.3 is 0 Å². The Balaban J connectivity index is 0.00000210. The molecule has 27 heavy (non-hydrogen) atoms. The maximum Gasteiger partial charge on any atom is 0.153 e. The first-order chi connectivity index (χ1) is 12.7. The summed E-state index contributed by atoms with van der Waals surface area (Å²) in [4.78, 5) is 7.32. The lowest BCUT2D eigenvalue weighted by atomic mass is 9.90. The SMILES string of the molecule is CCn1c(C)c(C)c2ccnc(N3CCC(Cc4ccccc4)CC3)c21.Cl. The summed E-state index contributed by atoms with van der Waals surface area (Å²) in [5, 5.41) is 1.36. The second-order valence-corrected chi connectivity index (χ2v) is 7.61. The Morgan fingerprint density at radius 1 is 1.04 bits per heavy atom. The molecule has 0 aliphatic carbocycles. The molecule has 1 aromatic carbocycles. The van der Waals surface area contributed by atoms with Crippen LogP contribution in [0.3, 0.4) is 0 Å². The molecule has 0 spiro atoms. The zero-order valence-corrected chi connectivity index (χ0v) is 17.4. The van der Waals surface area contributed by atoms with Crippen molar-refractivity contribution in [2.45, 2.75) is 46.6 Å². The number of aromatic nitrogens is 2. The molecule has 2 aromatic heterocycles. The molecule has 1 fully saturated rings. The van der Waals surface area contributed by atoms with E-state index in [-0.39, 0.29) is 12.4 Å². The van der Waals surface area contributed by atoms with Gasteiger partial charge in [-0.25, -0.2) is 4.98 Å². The molecule has 144 valence electrons. The van der Waals surface area contributed by atoms with Crippen molar-refractivity contribution >= 4 is 29.1 Å². The number of halogens is 1. The number of anilines is 1. The molecule has 0 unspecified atom stereocenters. The quantitative estimate of drug-likeness (QED) is 0.588. The normalized spacial score (nSPS) is 15.1. The third-order valence-electron chi connectivity index (χ3n) is 6.12. The molecule has 4 rings (SSSR count). The highest BCUT2D eigenvalue weighted by molar-refractivity contribution is 5.93. The van der Waals surface area contributed by atoms with Gasteiger partial charge in [0.05, 0.1) is 5.52 Å². The van der Waals surface area contributed by atoms with Crippen LogP contribution in [0.4, 0.5) is 5.82 Å². The Kier molecular flexibility index (Phi) is 6.11.